The molecule has 0 radical (unpaired) electrons. The Bertz CT molecular complexity index is 405. The Morgan fingerprint density at radius 3 is 2.78 bits per heavy atom. The largest absolute Gasteiger partial charge is 0.394 e. The summed E-state index contributed by atoms with van der Waals surface area (Å²) in [6.45, 7) is 0.826. The SMILES string of the molecule is CSCc1ccc(C(=O)N2CCC[C@@H]2CO)cc1. The normalized spacial score (nSPS) is 19.2. The number of carbonyl (C=O) groups is 1. The summed E-state index contributed by atoms with van der Waals surface area (Å²) in [5, 5.41) is 9.25. The molecule has 1 saturated heterocycles. The third-order valence-corrected chi connectivity index (χ3v) is 3.98. The predicted molar refractivity (Wildman–Crippen MR) is 74.8 cm³/mol. The summed E-state index contributed by atoms with van der Waals surface area (Å²) in [4.78, 5) is 14.1. The topological polar surface area (TPSA) is 40.5 Å². The van der Waals surface area contributed by atoms with Gasteiger partial charge in [-0.25, -0.2) is 0 Å². The molecule has 0 spiro atoms. The summed E-state index contributed by atoms with van der Waals surface area (Å²) >= 11 is 1.77. The first-order chi connectivity index (χ1) is 8.76. The van der Waals surface area contributed by atoms with E-state index in [4.69, 9.17) is 0 Å². The fourth-order valence-corrected chi connectivity index (χ4v) is 2.89. The second-order valence-electron chi connectivity index (χ2n) is 4.61. The van der Waals surface area contributed by atoms with Crippen molar-refractivity contribution in [1.82, 2.24) is 4.90 Å². The number of likely N-dealkylation sites (tertiary alicyclic amines) is 1. The molecule has 0 aliphatic carbocycles. The Morgan fingerprint density at radius 1 is 1.44 bits per heavy atom. The summed E-state index contributed by atoms with van der Waals surface area (Å²) in [6, 6.07) is 7.80. The lowest BCUT2D eigenvalue weighted by Crippen LogP contribution is -2.37. The van der Waals surface area contributed by atoms with Crippen LogP contribution in [0.5, 0.6) is 0 Å². The lowest BCUT2D eigenvalue weighted by Gasteiger charge is -2.23. The molecule has 18 heavy (non-hydrogen) atoms. The monoisotopic (exact) mass is 265 g/mol. The molecule has 1 atom stereocenters. The smallest absolute Gasteiger partial charge is 0.254 e. The fraction of sp³-hybridized carbons (Fsp3) is 0.500. The van der Waals surface area contributed by atoms with Crippen LogP contribution < -0.4 is 0 Å². The van der Waals surface area contributed by atoms with Crippen LogP contribution >= 0.6 is 11.8 Å². The first kappa shape index (κ1) is 13.4. The van der Waals surface area contributed by atoms with Gasteiger partial charge in [-0.2, -0.15) is 11.8 Å². The Morgan fingerprint density at radius 2 is 2.17 bits per heavy atom. The molecule has 0 unspecified atom stereocenters. The van der Waals surface area contributed by atoms with Gasteiger partial charge in [0.1, 0.15) is 0 Å². The highest BCUT2D eigenvalue weighted by Gasteiger charge is 2.28. The van der Waals surface area contributed by atoms with Gasteiger partial charge in [0.2, 0.25) is 0 Å². The van der Waals surface area contributed by atoms with Crippen molar-refractivity contribution >= 4 is 17.7 Å². The minimum absolute atomic E-state index is 0.00312. The van der Waals surface area contributed by atoms with Crippen LogP contribution in [0.2, 0.25) is 0 Å². The van der Waals surface area contributed by atoms with Crippen molar-refractivity contribution < 1.29 is 9.90 Å². The highest BCUT2D eigenvalue weighted by Crippen LogP contribution is 2.20. The summed E-state index contributed by atoms with van der Waals surface area (Å²) in [5.74, 6) is 1.01. The summed E-state index contributed by atoms with van der Waals surface area (Å²) < 4.78 is 0. The van der Waals surface area contributed by atoms with Crippen LogP contribution in [0.3, 0.4) is 0 Å². The number of rotatable bonds is 4. The summed E-state index contributed by atoms with van der Waals surface area (Å²) in [5.41, 5.74) is 1.96. The van der Waals surface area contributed by atoms with Gasteiger partial charge >= 0.3 is 0 Å². The standard InChI is InChI=1S/C14H19NO2S/c1-18-10-11-4-6-12(7-5-11)14(17)15-8-2-3-13(15)9-16/h4-7,13,16H,2-3,8-10H2,1H3/t13-/m1/s1. The number of thioether (sulfide) groups is 1. The number of aliphatic hydroxyl groups is 1. The molecule has 1 aliphatic heterocycles. The lowest BCUT2D eigenvalue weighted by molar-refractivity contribution is 0.0677. The average Bonchev–Trinajstić information content (AvgIpc) is 2.87. The van der Waals surface area contributed by atoms with Gasteiger partial charge in [0.15, 0.2) is 0 Å². The van der Waals surface area contributed by atoms with Crippen molar-refractivity contribution in [3.8, 4) is 0 Å². The van der Waals surface area contributed by atoms with E-state index in [0.717, 1.165) is 30.7 Å². The summed E-state index contributed by atoms with van der Waals surface area (Å²) in [7, 11) is 0. The number of hydrogen-bond donors (Lipinski definition) is 1. The number of hydrogen-bond acceptors (Lipinski definition) is 3. The Balaban J connectivity index is 2.08. The van der Waals surface area contributed by atoms with Crippen LogP contribution in [0.1, 0.15) is 28.8 Å². The van der Waals surface area contributed by atoms with Crippen molar-refractivity contribution in [2.75, 3.05) is 19.4 Å². The molecule has 0 saturated carbocycles. The molecule has 0 aromatic heterocycles. The van der Waals surface area contributed by atoms with E-state index in [9.17, 15) is 9.90 Å². The van der Waals surface area contributed by atoms with Crippen LogP contribution in [0.25, 0.3) is 0 Å². The molecule has 1 aromatic carbocycles. The second kappa shape index (κ2) is 6.25. The lowest BCUT2D eigenvalue weighted by atomic mass is 10.1. The van der Waals surface area contributed by atoms with Crippen molar-refractivity contribution in [3.05, 3.63) is 35.4 Å². The number of carbonyl (C=O) groups excluding carboxylic acids is 1. The van der Waals surface area contributed by atoms with Gasteiger partial charge in [-0.1, -0.05) is 12.1 Å². The Labute approximate surface area is 112 Å². The molecular formula is C14H19NO2S. The molecule has 1 N–H and O–H groups in total. The van der Waals surface area contributed by atoms with Gasteiger partial charge < -0.3 is 10.0 Å². The molecular weight excluding hydrogens is 246 g/mol. The zero-order chi connectivity index (χ0) is 13.0. The zero-order valence-corrected chi connectivity index (χ0v) is 11.4. The van der Waals surface area contributed by atoms with Crippen LogP contribution in [0, 0.1) is 0 Å². The average molecular weight is 265 g/mol. The number of benzene rings is 1. The zero-order valence-electron chi connectivity index (χ0n) is 10.6. The Hall–Kier alpha value is -1.00. The Kier molecular flexibility index (Phi) is 4.66. The molecule has 3 nitrogen and oxygen atoms in total. The maximum Gasteiger partial charge on any atom is 0.254 e. The quantitative estimate of drug-likeness (QED) is 0.907. The van der Waals surface area contributed by atoms with E-state index in [1.165, 1.54) is 5.56 Å². The predicted octanol–water partition coefficient (Wildman–Crippen LogP) is 2.15. The third kappa shape index (κ3) is 2.87. The van der Waals surface area contributed by atoms with E-state index in [2.05, 4.69) is 6.26 Å². The van der Waals surface area contributed by atoms with Gasteiger partial charge in [0.05, 0.1) is 12.6 Å². The van der Waals surface area contributed by atoms with E-state index in [1.54, 1.807) is 16.7 Å². The molecule has 0 bridgehead atoms. The third-order valence-electron chi connectivity index (χ3n) is 3.36. The molecule has 1 amide bonds. The molecule has 1 aromatic rings. The highest BCUT2D eigenvalue weighted by molar-refractivity contribution is 7.97. The number of aliphatic hydroxyl groups excluding tert-OH is 1. The maximum atomic E-state index is 12.3. The van der Waals surface area contributed by atoms with Crippen molar-refractivity contribution in [1.29, 1.82) is 0 Å². The fourth-order valence-electron chi connectivity index (χ4n) is 2.37. The van der Waals surface area contributed by atoms with Crippen LogP contribution in [-0.4, -0.2) is 41.4 Å². The molecule has 4 heteroatoms. The summed E-state index contributed by atoms with van der Waals surface area (Å²) in [6.07, 6.45) is 3.96. The highest BCUT2D eigenvalue weighted by atomic mass is 32.2. The molecule has 1 aliphatic rings. The minimum atomic E-state index is 0.00312. The van der Waals surface area contributed by atoms with E-state index in [-0.39, 0.29) is 18.6 Å². The van der Waals surface area contributed by atoms with E-state index in [1.807, 2.05) is 24.3 Å². The van der Waals surface area contributed by atoms with Crippen molar-refractivity contribution in [2.45, 2.75) is 24.6 Å². The second-order valence-corrected chi connectivity index (χ2v) is 5.47. The van der Waals surface area contributed by atoms with E-state index < -0.39 is 0 Å². The maximum absolute atomic E-state index is 12.3. The van der Waals surface area contributed by atoms with Crippen LogP contribution in [-0.2, 0) is 5.75 Å². The van der Waals surface area contributed by atoms with Crippen molar-refractivity contribution in [2.24, 2.45) is 0 Å². The van der Waals surface area contributed by atoms with Crippen LogP contribution in [0.4, 0.5) is 0 Å². The minimum Gasteiger partial charge on any atom is -0.394 e. The van der Waals surface area contributed by atoms with Gasteiger partial charge in [0.25, 0.3) is 5.91 Å². The van der Waals surface area contributed by atoms with E-state index in [0.29, 0.717) is 0 Å². The van der Waals surface area contributed by atoms with Gasteiger partial charge in [0, 0.05) is 17.9 Å². The first-order valence-corrected chi connectivity index (χ1v) is 7.65. The number of amides is 1. The van der Waals surface area contributed by atoms with E-state index >= 15 is 0 Å². The molecule has 1 heterocycles. The first-order valence-electron chi connectivity index (χ1n) is 6.26. The van der Waals surface area contributed by atoms with Crippen LogP contribution in [0.15, 0.2) is 24.3 Å². The molecule has 1 fully saturated rings. The number of nitrogens with zero attached hydrogens (tertiary/aromatic N) is 1. The molecule has 98 valence electrons. The van der Waals surface area contributed by atoms with Gasteiger partial charge in [-0.05, 0) is 36.8 Å². The van der Waals surface area contributed by atoms with Gasteiger partial charge in [-0.15, -0.1) is 0 Å². The van der Waals surface area contributed by atoms with Gasteiger partial charge in [-0.3, -0.25) is 4.79 Å². The van der Waals surface area contributed by atoms with Crippen molar-refractivity contribution in [3.63, 3.8) is 0 Å². The molecule has 2 rings (SSSR count).